The molecule has 3 aromatic heterocycles. The van der Waals surface area contributed by atoms with Crippen LogP contribution >= 0.6 is 34.4 Å². The summed E-state index contributed by atoms with van der Waals surface area (Å²) >= 11 is 4.02. The Labute approximate surface area is 185 Å². The molecule has 0 spiro atoms. The van der Waals surface area contributed by atoms with Gasteiger partial charge in [0.25, 0.3) is 5.56 Å². The van der Waals surface area contributed by atoms with E-state index in [0.717, 1.165) is 16.8 Å². The number of H-pyrrole nitrogens is 1. The van der Waals surface area contributed by atoms with Gasteiger partial charge in [-0.15, -0.1) is 22.7 Å². The Hall–Kier alpha value is -2.49. The summed E-state index contributed by atoms with van der Waals surface area (Å²) in [5, 5.41) is 8.18. The fraction of sp³-hybridized carbons (Fsp3) is 0.238. The molecule has 9 heteroatoms. The molecule has 0 radical (unpaired) electrons. The normalized spacial score (nSPS) is 11.3. The van der Waals surface area contributed by atoms with E-state index in [1.54, 1.807) is 0 Å². The van der Waals surface area contributed by atoms with Crippen molar-refractivity contribution in [2.45, 2.75) is 31.8 Å². The van der Waals surface area contributed by atoms with E-state index in [9.17, 15) is 9.59 Å². The number of nitrogens with zero attached hydrogens (tertiary/aromatic N) is 2. The summed E-state index contributed by atoms with van der Waals surface area (Å²) in [7, 11) is 0. The highest BCUT2D eigenvalue weighted by Crippen LogP contribution is 2.32. The minimum Gasteiger partial charge on any atom is -0.301 e. The largest absolute Gasteiger partial charge is 0.301 e. The lowest BCUT2D eigenvalue weighted by Gasteiger charge is -2.06. The van der Waals surface area contributed by atoms with Crippen LogP contribution in [0.25, 0.3) is 21.3 Å². The first-order valence-corrected chi connectivity index (χ1v) is 12.1. The van der Waals surface area contributed by atoms with E-state index in [0.29, 0.717) is 26.4 Å². The molecule has 4 aromatic rings. The number of benzene rings is 1. The average molecular weight is 457 g/mol. The molecule has 0 unspecified atom stereocenters. The number of hydrogen-bond acceptors (Lipinski definition) is 7. The van der Waals surface area contributed by atoms with E-state index in [1.807, 2.05) is 29.8 Å². The third kappa shape index (κ3) is 4.48. The van der Waals surface area contributed by atoms with Crippen LogP contribution in [0.1, 0.15) is 31.0 Å². The molecule has 0 aliphatic rings. The first kappa shape index (κ1) is 20.8. The Morgan fingerprint density at radius 1 is 1.17 bits per heavy atom. The molecule has 0 fully saturated rings. The molecule has 30 heavy (non-hydrogen) atoms. The van der Waals surface area contributed by atoms with Crippen LogP contribution in [0.3, 0.4) is 0 Å². The van der Waals surface area contributed by atoms with E-state index >= 15 is 0 Å². The zero-order valence-electron chi connectivity index (χ0n) is 16.7. The van der Waals surface area contributed by atoms with Gasteiger partial charge >= 0.3 is 0 Å². The predicted molar refractivity (Wildman–Crippen MR) is 126 cm³/mol. The van der Waals surface area contributed by atoms with Crippen LogP contribution in [-0.4, -0.2) is 26.6 Å². The van der Waals surface area contributed by atoms with Gasteiger partial charge in [0.15, 0.2) is 10.3 Å². The van der Waals surface area contributed by atoms with Crippen LogP contribution in [0.2, 0.25) is 0 Å². The van der Waals surface area contributed by atoms with Crippen molar-refractivity contribution in [1.29, 1.82) is 0 Å². The topological polar surface area (TPSA) is 87.7 Å². The number of hydrogen-bond donors (Lipinski definition) is 2. The number of aromatic nitrogens is 3. The van der Waals surface area contributed by atoms with E-state index < -0.39 is 0 Å². The molecule has 0 bridgehead atoms. The number of fused-ring (bicyclic) bond motifs is 1. The number of anilines is 1. The summed E-state index contributed by atoms with van der Waals surface area (Å²) in [6.45, 7) is 6.18. The van der Waals surface area contributed by atoms with Crippen LogP contribution in [0.5, 0.6) is 0 Å². The van der Waals surface area contributed by atoms with Crippen LogP contribution in [0, 0.1) is 6.92 Å². The van der Waals surface area contributed by atoms with Crippen molar-refractivity contribution in [1.82, 2.24) is 15.0 Å². The van der Waals surface area contributed by atoms with Gasteiger partial charge in [-0.2, -0.15) is 0 Å². The molecule has 1 amide bonds. The quantitative estimate of drug-likeness (QED) is 0.305. The van der Waals surface area contributed by atoms with E-state index in [2.05, 4.69) is 46.2 Å². The molecule has 4 rings (SSSR count). The molecular weight excluding hydrogens is 436 g/mol. The second-order valence-corrected chi connectivity index (χ2v) is 9.79. The number of thioether (sulfide) groups is 1. The highest BCUT2D eigenvalue weighted by molar-refractivity contribution is 7.99. The van der Waals surface area contributed by atoms with Crippen molar-refractivity contribution in [2.24, 2.45) is 0 Å². The molecule has 0 saturated carbocycles. The summed E-state index contributed by atoms with van der Waals surface area (Å²) in [5.41, 5.74) is 3.81. The zero-order chi connectivity index (χ0) is 21.3. The summed E-state index contributed by atoms with van der Waals surface area (Å²) < 4.78 is 0. The number of aryl methyl sites for hydroxylation is 1. The van der Waals surface area contributed by atoms with Crippen LogP contribution in [0.4, 0.5) is 5.13 Å². The number of rotatable bonds is 6. The summed E-state index contributed by atoms with van der Waals surface area (Å²) in [4.78, 5) is 37.1. The smallest absolute Gasteiger partial charge is 0.260 e. The first-order valence-electron chi connectivity index (χ1n) is 9.37. The van der Waals surface area contributed by atoms with Crippen molar-refractivity contribution in [3.05, 3.63) is 56.6 Å². The van der Waals surface area contributed by atoms with Crippen molar-refractivity contribution < 1.29 is 4.79 Å². The maximum atomic E-state index is 12.8. The molecule has 0 atom stereocenters. The number of aromatic amines is 1. The first-order chi connectivity index (χ1) is 14.4. The molecule has 1 aromatic carbocycles. The second-order valence-electron chi connectivity index (χ2n) is 7.11. The van der Waals surface area contributed by atoms with Crippen LogP contribution < -0.4 is 10.9 Å². The Morgan fingerprint density at radius 3 is 2.60 bits per heavy atom. The van der Waals surface area contributed by atoms with Gasteiger partial charge in [0.05, 0.1) is 16.8 Å². The molecule has 0 saturated heterocycles. The second kappa shape index (κ2) is 8.71. The number of carbonyl (C=O) groups is 1. The lowest BCUT2D eigenvalue weighted by molar-refractivity contribution is -0.113. The highest BCUT2D eigenvalue weighted by atomic mass is 32.2. The standard InChI is InChI=1S/C21H20N4O2S3/c1-11(2)13-4-6-14(7-5-13)15-9-28-19-17(15)18(27)24-21(25-19)30-10-16(26)23-20-22-12(3)8-29-20/h4-9,11H,10H2,1-3H3,(H,22,23,26)(H,24,25,27). The Bertz CT molecular complexity index is 1260. The van der Waals surface area contributed by atoms with Crippen molar-refractivity contribution in [3.8, 4) is 11.1 Å². The number of thiazole rings is 1. The van der Waals surface area contributed by atoms with E-state index in [4.69, 9.17) is 0 Å². The minimum atomic E-state index is -0.192. The van der Waals surface area contributed by atoms with Crippen LogP contribution in [0.15, 0.2) is 45.0 Å². The third-order valence-electron chi connectivity index (χ3n) is 4.52. The van der Waals surface area contributed by atoms with Gasteiger partial charge in [-0.05, 0) is 24.0 Å². The molecule has 3 heterocycles. The monoisotopic (exact) mass is 456 g/mol. The third-order valence-corrected chi connectivity index (χ3v) is 7.14. The SMILES string of the molecule is Cc1csc(NC(=O)CSc2nc3scc(-c4ccc(C(C)C)cc4)c3c(=O)[nH]2)n1. The number of nitrogens with one attached hydrogen (secondary N) is 2. The Morgan fingerprint density at radius 2 is 1.93 bits per heavy atom. The van der Waals surface area contributed by atoms with Gasteiger partial charge in [-0.3, -0.25) is 9.59 Å². The number of thiophene rings is 1. The van der Waals surface area contributed by atoms with E-state index in [-0.39, 0.29) is 17.2 Å². The summed E-state index contributed by atoms with van der Waals surface area (Å²) in [5.74, 6) is 0.413. The van der Waals surface area contributed by atoms with Gasteiger partial charge in [0.1, 0.15) is 4.83 Å². The lowest BCUT2D eigenvalue weighted by atomic mass is 9.99. The molecule has 0 aliphatic carbocycles. The van der Waals surface area contributed by atoms with Crippen molar-refractivity contribution in [2.75, 3.05) is 11.1 Å². The maximum Gasteiger partial charge on any atom is 0.260 e. The van der Waals surface area contributed by atoms with Gasteiger partial charge in [0, 0.05) is 16.3 Å². The van der Waals surface area contributed by atoms with Gasteiger partial charge in [0.2, 0.25) is 5.91 Å². The number of amides is 1. The molecular formula is C21H20N4O2S3. The van der Waals surface area contributed by atoms with E-state index in [1.165, 1.54) is 40.0 Å². The van der Waals surface area contributed by atoms with Gasteiger partial charge in [-0.1, -0.05) is 49.9 Å². The fourth-order valence-electron chi connectivity index (χ4n) is 2.96. The van der Waals surface area contributed by atoms with Gasteiger partial charge in [-0.25, -0.2) is 9.97 Å². The average Bonchev–Trinajstić information content (AvgIpc) is 3.33. The molecule has 0 aliphatic heterocycles. The molecule has 6 nitrogen and oxygen atoms in total. The Balaban J connectivity index is 1.52. The fourth-order valence-corrected chi connectivity index (χ4v) is 5.33. The maximum absolute atomic E-state index is 12.8. The highest BCUT2D eigenvalue weighted by Gasteiger charge is 2.14. The predicted octanol–water partition coefficient (Wildman–Crippen LogP) is 5.27. The minimum absolute atomic E-state index is 0.141. The van der Waals surface area contributed by atoms with Crippen molar-refractivity contribution in [3.63, 3.8) is 0 Å². The zero-order valence-corrected chi connectivity index (χ0v) is 19.1. The summed E-state index contributed by atoms with van der Waals surface area (Å²) in [6, 6.07) is 8.28. The Kier molecular flexibility index (Phi) is 6.03. The summed E-state index contributed by atoms with van der Waals surface area (Å²) in [6.07, 6.45) is 0. The van der Waals surface area contributed by atoms with Crippen LogP contribution in [-0.2, 0) is 4.79 Å². The number of carbonyl (C=O) groups excluding carboxylic acids is 1. The lowest BCUT2D eigenvalue weighted by Crippen LogP contribution is -2.15. The van der Waals surface area contributed by atoms with Crippen molar-refractivity contribution >= 4 is 55.7 Å². The molecule has 154 valence electrons. The molecule has 2 N–H and O–H groups in total. The van der Waals surface area contributed by atoms with Gasteiger partial charge < -0.3 is 10.3 Å².